The van der Waals surface area contributed by atoms with Crippen LogP contribution in [-0.4, -0.2) is 44.1 Å². The van der Waals surface area contributed by atoms with Gasteiger partial charge in [-0.2, -0.15) is 0 Å². The Labute approximate surface area is 154 Å². The van der Waals surface area contributed by atoms with Gasteiger partial charge >= 0.3 is 6.09 Å². The number of rotatable bonds is 7. The number of ether oxygens (including phenoxy) is 1. The van der Waals surface area contributed by atoms with Gasteiger partial charge in [0.25, 0.3) is 5.91 Å². The minimum atomic E-state index is -0.514. The van der Waals surface area contributed by atoms with Gasteiger partial charge in [-0.3, -0.25) is 10.1 Å². The van der Waals surface area contributed by atoms with Crippen molar-refractivity contribution in [2.45, 2.75) is 13.0 Å². The first kappa shape index (κ1) is 19.5. The number of amides is 2. The molecular weight excluding hydrogens is 330 g/mol. The number of hydrogen-bond donors (Lipinski definition) is 2. The lowest BCUT2D eigenvalue weighted by Crippen LogP contribution is -2.35. The summed E-state index contributed by atoms with van der Waals surface area (Å²) in [5.41, 5.74) is 2.15. The Morgan fingerprint density at radius 1 is 1.04 bits per heavy atom. The van der Waals surface area contributed by atoms with Crippen molar-refractivity contribution in [3.8, 4) is 0 Å². The largest absolute Gasteiger partial charge is 0.450 e. The molecule has 0 aliphatic carbocycles. The Bertz CT molecular complexity index is 715. The van der Waals surface area contributed by atoms with Crippen molar-refractivity contribution >= 4 is 17.7 Å². The van der Waals surface area contributed by atoms with E-state index in [2.05, 4.69) is 10.6 Å². The van der Waals surface area contributed by atoms with Gasteiger partial charge in [-0.25, -0.2) is 4.79 Å². The van der Waals surface area contributed by atoms with E-state index in [1.165, 1.54) is 0 Å². The van der Waals surface area contributed by atoms with Crippen LogP contribution in [0.5, 0.6) is 0 Å². The molecule has 0 radical (unpaired) electrons. The first-order chi connectivity index (χ1) is 12.5. The molecular formula is C20H25N3O3. The van der Waals surface area contributed by atoms with Gasteiger partial charge in [0.15, 0.2) is 0 Å². The summed E-state index contributed by atoms with van der Waals surface area (Å²) in [5.74, 6) is -0.164. The Balaban J connectivity index is 2.05. The molecule has 0 saturated carbocycles. The van der Waals surface area contributed by atoms with E-state index in [9.17, 15) is 9.59 Å². The first-order valence-corrected chi connectivity index (χ1v) is 8.54. The second-order valence-corrected chi connectivity index (χ2v) is 6.12. The first-order valence-electron chi connectivity index (χ1n) is 8.54. The maximum absolute atomic E-state index is 12.6. The highest BCUT2D eigenvalue weighted by atomic mass is 16.5. The van der Waals surface area contributed by atoms with Crippen LogP contribution in [0.25, 0.3) is 0 Å². The molecule has 2 N–H and O–H groups in total. The van der Waals surface area contributed by atoms with E-state index in [0.29, 0.717) is 24.4 Å². The van der Waals surface area contributed by atoms with Gasteiger partial charge in [0.05, 0.1) is 12.6 Å². The highest BCUT2D eigenvalue weighted by molar-refractivity contribution is 5.95. The fraction of sp³-hybridized carbons (Fsp3) is 0.300. The number of nitrogens with one attached hydrogen (secondary N) is 2. The predicted molar refractivity (Wildman–Crippen MR) is 102 cm³/mol. The van der Waals surface area contributed by atoms with Gasteiger partial charge in [-0.1, -0.05) is 30.3 Å². The zero-order valence-electron chi connectivity index (χ0n) is 15.4. The van der Waals surface area contributed by atoms with Crippen LogP contribution in [0.2, 0.25) is 0 Å². The van der Waals surface area contributed by atoms with E-state index < -0.39 is 6.09 Å². The SMILES string of the molecule is CCOC(=O)Nc1ccc(C(=O)N[C@H](CN(C)C)c2ccccc2)cc1. The highest BCUT2D eigenvalue weighted by Crippen LogP contribution is 2.16. The molecule has 1 atom stereocenters. The van der Waals surface area contributed by atoms with Crippen molar-refractivity contribution in [1.29, 1.82) is 0 Å². The summed E-state index contributed by atoms with van der Waals surface area (Å²) in [6.07, 6.45) is -0.514. The summed E-state index contributed by atoms with van der Waals surface area (Å²) in [4.78, 5) is 26.1. The molecule has 0 heterocycles. The predicted octanol–water partition coefficient (Wildman–Crippen LogP) is 3.29. The molecule has 0 aliphatic rings. The van der Waals surface area contributed by atoms with Crippen LogP contribution in [0.3, 0.4) is 0 Å². The van der Waals surface area contributed by atoms with Crippen LogP contribution in [0, 0.1) is 0 Å². The number of benzene rings is 2. The smallest absolute Gasteiger partial charge is 0.411 e. The molecule has 138 valence electrons. The number of likely N-dealkylation sites (N-methyl/N-ethyl adjacent to an activating group) is 1. The van der Waals surface area contributed by atoms with Crippen LogP contribution in [-0.2, 0) is 4.74 Å². The summed E-state index contributed by atoms with van der Waals surface area (Å²) >= 11 is 0. The van der Waals surface area contributed by atoms with Gasteiger partial charge in [-0.05, 0) is 50.8 Å². The van der Waals surface area contributed by atoms with E-state index in [1.807, 2.05) is 49.3 Å². The zero-order valence-corrected chi connectivity index (χ0v) is 15.4. The summed E-state index contributed by atoms with van der Waals surface area (Å²) in [5, 5.41) is 5.67. The molecule has 2 aromatic rings. The van der Waals surface area contributed by atoms with Gasteiger partial charge < -0.3 is 15.0 Å². The second kappa shape index (κ2) is 9.58. The van der Waals surface area contributed by atoms with Gasteiger partial charge in [0, 0.05) is 17.8 Å². The lowest BCUT2D eigenvalue weighted by molar-refractivity contribution is 0.0930. The van der Waals surface area contributed by atoms with Crippen molar-refractivity contribution in [3.05, 3.63) is 65.7 Å². The van der Waals surface area contributed by atoms with Gasteiger partial charge in [0.1, 0.15) is 0 Å². The normalized spacial score (nSPS) is 11.7. The summed E-state index contributed by atoms with van der Waals surface area (Å²) in [6.45, 7) is 2.74. The number of anilines is 1. The molecule has 0 aromatic heterocycles. The van der Waals surface area contributed by atoms with E-state index >= 15 is 0 Å². The molecule has 6 heteroatoms. The summed E-state index contributed by atoms with van der Waals surface area (Å²) in [6, 6.07) is 16.5. The van der Waals surface area contributed by atoms with Gasteiger partial charge in [-0.15, -0.1) is 0 Å². The fourth-order valence-corrected chi connectivity index (χ4v) is 2.52. The molecule has 0 unspecified atom stereocenters. The Hall–Kier alpha value is -2.86. The van der Waals surface area contributed by atoms with Crippen LogP contribution >= 0.6 is 0 Å². The quantitative estimate of drug-likeness (QED) is 0.799. The molecule has 2 aromatic carbocycles. The maximum atomic E-state index is 12.6. The average Bonchev–Trinajstić information content (AvgIpc) is 2.62. The van der Waals surface area contributed by atoms with Gasteiger partial charge in [0.2, 0.25) is 0 Å². The lowest BCUT2D eigenvalue weighted by atomic mass is 10.1. The number of carbonyl (C=O) groups is 2. The van der Waals surface area contributed by atoms with Crippen LogP contribution < -0.4 is 10.6 Å². The third-order valence-electron chi connectivity index (χ3n) is 3.72. The summed E-state index contributed by atoms with van der Waals surface area (Å²) < 4.78 is 4.83. The molecule has 2 rings (SSSR count). The number of hydrogen-bond acceptors (Lipinski definition) is 4. The number of nitrogens with zero attached hydrogens (tertiary/aromatic N) is 1. The Morgan fingerprint density at radius 2 is 1.69 bits per heavy atom. The topological polar surface area (TPSA) is 70.7 Å². The molecule has 0 aliphatic heterocycles. The molecule has 2 amide bonds. The molecule has 0 saturated heterocycles. The fourth-order valence-electron chi connectivity index (χ4n) is 2.52. The third-order valence-corrected chi connectivity index (χ3v) is 3.72. The minimum absolute atomic E-state index is 0.115. The van der Waals surface area contributed by atoms with Crippen molar-refractivity contribution in [1.82, 2.24) is 10.2 Å². The molecule has 0 spiro atoms. The van der Waals surface area contributed by atoms with Crippen molar-refractivity contribution in [2.75, 3.05) is 32.6 Å². The van der Waals surface area contributed by atoms with E-state index in [0.717, 1.165) is 5.56 Å². The Morgan fingerprint density at radius 3 is 2.27 bits per heavy atom. The van der Waals surface area contributed by atoms with E-state index in [1.54, 1.807) is 31.2 Å². The van der Waals surface area contributed by atoms with E-state index in [-0.39, 0.29) is 11.9 Å². The standard InChI is InChI=1S/C20H25N3O3/c1-4-26-20(25)21-17-12-10-16(11-13-17)19(24)22-18(14-23(2)3)15-8-6-5-7-9-15/h5-13,18H,4,14H2,1-3H3,(H,21,25)(H,22,24)/t18-/m1/s1. The van der Waals surface area contributed by atoms with Crippen molar-refractivity contribution in [3.63, 3.8) is 0 Å². The summed E-state index contributed by atoms with van der Waals surface area (Å²) in [7, 11) is 3.94. The van der Waals surface area contributed by atoms with Crippen molar-refractivity contribution in [2.24, 2.45) is 0 Å². The minimum Gasteiger partial charge on any atom is -0.450 e. The van der Waals surface area contributed by atoms with Crippen LogP contribution in [0.1, 0.15) is 28.9 Å². The van der Waals surface area contributed by atoms with Crippen LogP contribution in [0.15, 0.2) is 54.6 Å². The third kappa shape index (κ3) is 5.89. The maximum Gasteiger partial charge on any atom is 0.411 e. The number of carbonyl (C=O) groups excluding carboxylic acids is 2. The molecule has 0 fully saturated rings. The Kier molecular flexibility index (Phi) is 7.17. The van der Waals surface area contributed by atoms with E-state index in [4.69, 9.17) is 4.74 Å². The molecule has 6 nitrogen and oxygen atoms in total. The lowest BCUT2D eigenvalue weighted by Gasteiger charge is -2.23. The van der Waals surface area contributed by atoms with Crippen LogP contribution in [0.4, 0.5) is 10.5 Å². The highest BCUT2D eigenvalue weighted by Gasteiger charge is 2.16. The molecule has 26 heavy (non-hydrogen) atoms. The molecule has 0 bridgehead atoms. The average molecular weight is 355 g/mol. The van der Waals surface area contributed by atoms with Crippen molar-refractivity contribution < 1.29 is 14.3 Å². The monoisotopic (exact) mass is 355 g/mol. The second-order valence-electron chi connectivity index (χ2n) is 6.12. The zero-order chi connectivity index (χ0) is 18.9.